The SMILES string of the molecule is [2H]C([2H])([2H])C([2H])([2H])C(c1ccnc(-c2[c-]ccc3c2oc2nc(C(C([2H])([2H])[2H])(C([2H])([2H])[2H])C([2H])([2H])[2H])ccc23)c1)(C([2H])([2H])[2H])C([2H])([2H])C([2H])([2H])[2H].[2H]C([2H])(c1cc(-c2[c-]cccc2)ncc1[Si](C)(C)C)C(C)(C)C.[Ir]. The van der Waals surface area contributed by atoms with E-state index < -0.39 is 102 Å². The summed E-state index contributed by atoms with van der Waals surface area (Å²) in [6, 6.07) is 22.0. The molecule has 0 fully saturated rings. The molecule has 4 heterocycles. The van der Waals surface area contributed by atoms with Crippen LogP contribution in [0.15, 0.2) is 83.5 Å². The minimum Gasteiger partial charge on any atom is -0.486 e. The van der Waals surface area contributed by atoms with Gasteiger partial charge >= 0.3 is 0 Å². The Balaban J connectivity index is 0.000000423. The Morgan fingerprint density at radius 2 is 1.63 bits per heavy atom. The van der Waals surface area contributed by atoms with Gasteiger partial charge in [0.2, 0.25) is 5.71 Å². The normalized spacial score (nSPS) is 21.7. The van der Waals surface area contributed by atoms with Crippen LogP contribution in [0.3, 0.4) is 0 Å². The molecule has 0 N–H and O–H groups in total. The van der Waals surface area contributed by atoms with E-state index in [1.807, 2.05) is 57.3 Å². The summed E-state index contributed by atoms with van der Waals surface area (Å²) in [5.74, 6) is 0. The number of pyridine rings is 3. The molecular weight excluding hydrogens is 819 g/mol. The summed E-state index contributed by atoms with van der Waals surface area (Å²) < 4.78 is 202. The number of nitrogens with zero attached hydrogens (tertiary/aromatic N) is 3. The Labute approximate surface area is 355 Å². The molecule has 4 nitrogen and oxygen atoms in total. The van der Waals surface area contributed by atoms with E-state index in [2.05, 4.69) is 46.7 Å². The third-order valence-corrected chi connectivity index (χ3v) is 9.73. The second kappa shape index (κ2) is 15.7. The van der Waals surface area contributed by atoms with E-state index in [1.54, 1.807) is 0 Å². The van der Waals surface area contributed by atoms with Crippen LogP contribution in [-0.2, 0) is 37.3 Å². The Hall–Kier alpha value is -3.44. The second-order valence-corrected chi connectivity index (χ2v) is 19.0. The number of hydrogen-bond donors (Lipinski definition) is 0. The van der Waals surface area contributed by atoms with Crippen molar-refractivity contribution in [2.75, 3.05) is 0 Å². The maximum atomic E-state index is 8.75. The molecule has 6 heteroatoms. The molecule has 0 spiro atoms. The van der Waals surface area contributed by atoms with Gasteiger partial charge in [0.25, 0.3) is 0 Å². The predicted octanol–water partition coefficient (Wildman–Crippen LogP) is 11.9. The summed E-state index contributed by atoms with van der Waals surface area (Å²) in [7, 11) is -1.70. The van der Waals surface area contributed by atoms with E-state index >= 15 is 0 Å². The van der Waals surface area contributed by atoms with Gasteiger partial charge in [-0.2, -0.15) is 0 Å². The summed E-state index contributed by atoms with van der Waals surface area (Å²) >= 11 is 0. The first-order chi connectivity index (χ1) is 33.1. The van der Waals surface area contributed by atoms with E-state index in [-0.39, 0.29) is 47.7 Å². The zero-order chi connectivity index (χ0) is 56.9. The monoisotopic (exact) mass is 899 g/mol. The molecule has 6 aromatic rings. The fourth-order valence-corrected chi connectivity index (χ4v) is 6.65. The largest absolute Gasteiger partial charge is 0.486 e. The number of fused-ring (bicyclic) bond motifs is 3. The van der Waals surface area contributed by atoms with Gasteiger partial charge in [0, 0.05) is 81.9 Å². The van der Waals surface area contributed by atoms with Crippen LogP contribution in [0.4, 0.5) is 0 Å². The summed E-state index contributed by atoms with van der Waals surface area (Å²) in [6.45, 7) is -10.0. The van der Waals surface area contributed by atoms with E-state index in [0.717, 1.165) is 46.4 Å². The third-order valence-electron chi connectivity index (χ3n) is 7.71. The van der Waals surface area contributed by atoms with E-state index in [4.69, 9.17) is 37.3 Å². The van der Waals surface area contributed by atoms with Crippen molar-refractivity contribution < 1.29 is 57.4 Å². The minimum atomic E-state index is -4.06. The van der Waals surface area contributed by atoms with Crippen molar-refractivity contribution in [1.82, 2.24) is 15.0 Å². The van der Waals surface area contributed by atoms with Gasteiger partial charge in [-0.25, -0.2) is 4.98 Å². The molecule has 6 rings (SSSR count). The van der Waals surface area contributed by atoms with Crippen molar-refractivity contribution >= 4 is 35.3 Å². The Morgan fingerprint density at radius 3 is 2.27 bits per heavy atom. The molecule has 51 heavy (non-hydrogen) atoms. The second-order valence-electron chi connectivity index (χ2n) is 13.9. The summed E-state index contributed by atoms with van der Waals surface area (Å²) in [6.07, 6.45) is -6.77. The van der Waals surface area contributed by atoms with Crippen LogP contribution in [0.1, 0.15) is 124 Å². The molecule has 0 atom stereocenters. The van der Waals surface area contributed by atoms with Gasteiger partial charge in [-0.15, -0.1) is 54.1 Å². The first-order valence-electron chi connectivity index (χ1n) is 27.8. The van der Waals surface area contributed by atoms with Crippen LogP contribution < -0.4 is 5.19 Å². The van der Waals surface area contributed by atoms with Crippen molar-refractivity contribution in [2.45, 2.75) is 111 Å². The molecule has 271 valence electrons. The summed E-state index contributed by atoms with van der Waals surface area (Å²) in [5.41, 5.74) is -8.24. The number of hydrogen-bond acceptors (Lipinski definition) is 4. The van der Waals surface area contributed by atoms with Gasteiger partial charge in [0.15, 0.2) is 0 Å². The van der Waals surface area contributed by atoms with Crippen molar-refractivity contribution in [1.29, 1.82) is 0 Å². The standard InChI is InChI=1S/C26H29N2O.C19H26NSi.Ir/c1-7-26(6,8-2)17-14-15-27-21(16-17)20-11-9-10-18-19-12-13-22(25(3,4)5)28-24(19)29-23(18)20;1-19(2,3)13-16-12-17(15-10-8-7-9-11-15)20-14-18(16)21(4,5)6;/h9-10,12-16H,7-8H2,1-6H3;7-10,12,14H,13H2,1-6H3;/q2*-1;/i1D3,2D3,3D3,4D3,5D3,6D3,7D2,8D2;13D2;. The van der Waals surface area contributed by atoms with E-state index in [1.165, 1.54) is 18.2 Å². The minimum absolute atomic E-state index is 0. The molecule has 0 aliphatic rings. The zero-order valence-electron chi connectivity index (χ0n) is 53.1. The maximum Gasteiger partial charge on any atom is 0.216 e. The van der Waals surface area contributed by atoms with Gasteiger partial charge in [-0.1, -0.05) is 110 Å². The van der Waals surface area contributed by atoms with Crippen LogP contribution >= 0.6 is 0 Å². The van der Waals surface area contributed by atoms with Gasteiger partial charge in [-0.3, -0.25) is 0 Å². The number of rotatable bonds is 7. The zero-order valence-corrected chi connectivity index (χ0v) is 32.5. The number of furan rings is 1. The average Bonchev–Trinajstić information content (AvgIpc) is 3.59. The number of benzene rings is 2. The van der Waals surface area contributed by atoms with Crippen molar-refractivity contribution in [2.24, 2.45) is 5.41 Å². The molecule has 0 aliphatic heterocycles. The molecule has 0 aliphatic carbocycles. The van der Waals surface area contributed by atoms with Gasteiger partial charge < -0.3 is 14.4 Å². The van der Waals surface area contributed by atoms with Crippen LogP contribution in [0, 0.1) is 17.5 Å². The quantitative estimate of drug-likeness (QED) is 0.118. The van der Waals surface area contributed by atoms with E-state index in [9.17, 15) is 0 Å². The molecule has 1 radical (unpaired) electrons. The van der Waals surface area contributed by atoms with Gasteiger partial charge in [0.05, 0.1) is 13.7 Å². The van der Waals surface area contributed by atoms with Crippen molar-refractivity contribution in [3.63, 3.8) is 0 Å². The Morgan fingerprint density at radius 1 is 0.843 bits per heavy atom. The van der Waals surface area contributed by atoms with Crippen LogP contribution in [0.2, 0.25) is 19.6 Å². The van der Waals surface area contributed by atoms with Crippen molar-refractivity contribution in [3.05, 3.63) is 108 Å². The Kier molecular flexibility index (Phi) is 5.69. The topological polar surface area (TPSA) is 51.8 Å². The van der Waals surface area contributed by atoms with Crippen LogP contribution in [-0.4, -0.2) is 23.0 Å². The van der Waals surface area contributed by atoms with Crippen molar-refractivity contribution in [3.8, 4) is 22.5 Å². The van der Waals surface area contributed by atoms with Gasteiger partial charge in [0.1, 0.15) is 0 Å². The molecule has 0 saturated carbocycles. The number of aromatic nitrogens is 3. The summed E-state index contributed by atoms with van der Waals surface area (Å²) in [4.78, 5) is 12.8. The third kappa shape index (κ3) is 9.33. The average molecular weight is 898 g/mol. The van der Waals surface area contributed by atoms with E-state index in [0.29, 0.717) is 0 Å². The fourth-order valence-electron chi connectivity index (χ4n) is 5.26. The summed E-state index contributed by atoms with van der Waals surface area (Å²) in [5, 5.41) is 1.40. The fraction of sp³-hybridized carbons (Fsp3) is 0.400. The molecule has 0 saturated heterocycles. The molecule has 2 aromatic carbocycles. The smallest absolute Gasteiger partial charge is 0.216 e. The van der Waals surface area contributed by atoms with Crippen LogP contribution in [0.5, 0.6) is 0 Å². The first-order valence-corrected chi connectivity index (χ1v) is 19.3. The van der Waals surface area contributed by atoms with Gasteiger partial charge in [-0.05, 0) is 70.3 Å². The van der Waals surface area contributed by atoms with Crippen LogP contribution in [0.25, 0.3) is 44.6 Å². The molecule has 4 aromatic heterocycles. The molecule has 0 unspecified atom stereocenters. The Bertz CT molecular complexity index is 2930. The first kappa shape index (κ1) is 18.5. The maximum absolute atomic E-state index is 8.75. The molecular formula is C45H55IrN3OSi-2. The predicted molar refractivity (Wildman–Crippen MR) is 215 cm³/mol. The molecule has 0 bridgehead atoms. The molecule has 0 amide bonds.